The Labute approximate surface area is 110 Å². The molecule has 0 amide bonds. The summed E-state index contributed by atoms with van der Waals surface area (Å²) in [6.07, 6.45) is -0.876. The van der Waals surface area contributed by atoms with Crippen molar-refractivity contribution >= 4 is 5.82 Å². The van der Waals surface area contributed by atoms with Crippen LogP contribution in [0.3, 0.4) is 0 Å². The SMILES string of the molecule is CCCC(CCO)CNc1ccc(C(F)(F)F)cn1. The van der Waals surface area contributed by atoms with Crippen LogP contribution in [0.25, 0.3) is 0 Å². The highest BCUT2D eigenvalue weighted by Gasteiger charge is 2.30. The van der Waals surface area contributed by atoms with E-state index in [1.54, 1.807) is 0 Å². The molecule has 0 fully saturated rings. The summed E-state index contributed by atoms with van der Waals surface area (Å²) in [5.41, 5.74) is -0.751. The van der Waals surface area contributed by atoms with Crippen molar-refractivity contribution in [2.75, 3.05) is 18.5 Å². The van der Waals surface area contributed by atoms with E-state index in [0.29, 0.717) is 24.7 Å². The number of rotatable bonds is 7. The van der Waals surface area contributed by atoms with Gasteiger partial charge < -0.3 is 10.4 Å². The number of nitrogens with one attached hydrogen (secondary N) is 1. The third-order valence-electron chi connectivity index (χ3n) is 2.90. The fourth-order valence-corrected chi connectivity index (χ4v) is 1.85. The monoisotopic (exact) mass is 276 g/mol. The van der Waals surface area contributed by atoms with Gasteiger partial charge in [-0.05, 0) is 30.9 Å². The number of halogens is 3. The van der Waals surface area contributed by atoms with Crippen molar-refractivity contribution < 1.29 is 18.3 Å². The summed E-state index contributed by atoms with van der Waals surface area (Å²) in [6.45, 7) is 2.78. The summed E-state index contributed by atoms with van der Waals surface area (Å²) in [5.74, 6) is 0.728. The van der Waals surface area contributed by atoms with E-state index < -0.39 is 11.7 Å². The minimum Gasteiger partial charge on any atom is -0.396 e. The second kappa shape index (κ2) is 7.33. The Kier molecular flexibility index (Phi) is 6.08. The first-order chi connectivity index (χ1) is 8.97. The lowest BCUT2D eigenvalue weighted by atomic mass is 10.0. The van der Waals surface area contributed by atoms with Gasteiger partial charge in [-0.2, -0.15) is 13.2 Å². The van der Waals surface area contributed by atoms with Crippen LogP contribution in [0, 0.1) is 5.92 Å². The molecule has 1 unspecified atom stereocenters. The van der Waals surface area contributed by atoms with Crippen LogP contribution in [0.5, 0.6) is 0 Å². The maximum atomic E-state index is 12.3. The molecule has 1 atom stereocenters. The number of aromatic nitrogens is 1. The van der Waals surface area contributed by atoms with E-state index >= 15 is 0 Å². The Hall–Kier alpha value is -1.30. The van der Waals surface area contributed by atoms with Gasteiger partial charge >= 0.3 is 6.18 Å². The molecule has 0 aliphatic heterocycles. The molecule has 0 radical (unpaired) electrons. The van der Waals surface area contributed by atoms with Crippen LogP contribution in [0.2, 0.25) is 0 Å². The zero-order chi connectivity index (χ0) is 14.3. The first kappa shape index (κ1) is 15.8. The van der Waals surface area contributed by atoms with Gasteiger partial charge in [0.25, 0.3) is 0 Å². The summed E-state index contributed by atoms with van der Waals surface area (Å²) in [6, 6.07) is 2.33. The molecule has 1 heterocycles. The van der Waals surface area contributed by atoms with Crippen molar-refractivity contribution in [2.24, 2.45) is 5.92 Å². The van der Waals surface area contributed by atoms with Crippen molar-refractivity contribution in [3.8, 4) is 0 Å². The maximum Gasteiger partial charge on any atom is 0.417 e. The standard InChI is InChI=1S/C13H19F3N2O/c1-2-3-10(6-7-19)8-17-12-5-4-11(9-18-12)13(14,15)16/h4-5,9-10,19H,2-3,6-8H2,1H3,(H,17,18). The van der Waals surface area contributed by atoms with E-state index in [4.69, 9.17) is 5.11 Å². The number of pyridine rings is 1. The Morgan fingerprint density at radius 1 is 1.32 bits per heavy atom. The third kappa shape index (κ3) is 5.46. The summed E-state index contributed by atoms with van der Waals surface area (Å²) >= 11 is 0. The van der Waals surface area contributed by atoms with Crippen molar-refractivity contribution in [2.45, 2.75) is 32.4 Å². The number of nitrogens with zero attached hydrogens (tertiary/aromatic N) is 1. The van der Waals surface area contributed by atoms with Crippen molar-refractivity contribution in [3.05, 3.63) is 23.9 Å². The molecular formula is C13H19F3N2O. The first-order valence-corrected chi connectivity index (χ1v) is 6.35. The highest BCUT2D eigenvalue weighted by atomic mass is 19.4. The number of aliphatic hydroxyl groups excluding tert-OH is 1. The molecule has 1 rings (SSSR count). The number of hydrogen-bond donors (Lipinski definition) is 2. The van der Waals surface area contributed by atoms with E-state index in [9.17, 15) is 13.2 Å². The average Bonchev–Trinajstić information content (AvgIpc) is 2.36. The van der Waals surface area contributed by atoms with Crippen LogP contribution in [0.15, 0.2) is 18.3 Å². The van der Waals surface area contributed by atoms with Gasteiger partial charge in [0.05, 0.1) is 5.56 Å². The lowest BCUT2D eigenvalue weighted by molar-refractivity contribution is -0.137. The summed E-state index contributed by atoms with van der Waals surface area (Å²) in [5, 5.41) is 11.9. The van der Waals surface area contributed by atoms with Crippen LogP contribution >= 0.6 is 0 Å². The molecular weight excluding hydrogens is 257 g/mol. The van der Waals surface area contributed by atoms with Gasteiger partial charge in [0.15, 0.2) is 0 Å². The Morgan fingerprint density at radius 2 is 2.05 bits per heavy atom. The van der Waals surface area contributed by atoms with Gasteiger partial charge in [0.2, 0.25) is 0 Å². The second-order valence-corrected chi connectivity index (χ2v) is 4.48. The van der Waals surface area contributed by atoms with E-state index in [-0.39, 0.29) is 6.61 Å². The molecule has 3 nitrogen and oxygen atoms in total. The molecule has 0 aliphatic rings. The van der Waals surface area contributed by atoms with Crippen LogP contribution in [0.4, 0.5) is 19.0 Å². The van der Waals surface area contributed by atoms with Crippen LogP contribution in [-0.2, 0) is 6.18 Å². The molecule has 19 heavy (non-hydrogen) atoms. The first-order valence-electron chi connectivity index (χ1n) is 6.35. The fourth-order valence-electron chi connectivity index (χ4n) is 1.85. The fraction of sp³-hybridized carbons (Fsp3) is 0.615. The Morgan fingerprint density at radius 3 is 2.53 bits per heavy atom. The van der Waals surface area contributed by atoms with Gasteiger partial charge in [-0.25, -0.2) is 4.98 Å². The largest absolute Gasteiger partial charge is 0.417 e. The molecule has 0 aliphatic carbocycles. The van der Waals surface area contributed by atoms with E-state index in [2.05, 4.69) is 17.2 Å². The smallest absolute Gasteiger partial charge is 0.396 e. The minimum absolute atomic E-state index is 0.118. The van der Waals surface area contributed by atoms with Crippen LogP contribution in [-0.4, -0.2) is 23.2 Å². The predicted molar refractivity (Wildman–Crippen MR) is 67.8 cm³/mol. The van der Waals surface area contributed by atoms with Crippen molar-refractivity contribution in [3.63, 3.8) is 0 Å². The summed E-state index contributed by atoms with van der Waals surface area (Å²) < 4.78 is 37.0. The Balaban J connectivity index is 2.53. The van der Waals surface area contributed by atoms with E-state index in [0.717, 1.165) is 25.1 Å². The summed E-state index contributed by atoms with van der Waals surface area (Å²) in [4.78, 5) is 3.74. The topological polar surface area (TPSA) is 45.1 Å². The van der Waals surface area contributed by atoms with Gasteiger partial charge in [0, 0.05) is 19.3 Å². The molecule has 0 saturated carbocycles. The van der Waals surface area contributed by atoms with Gasteiger partial charge in [-0.15, -0.1) is 0 Å². The van der Waals surface area contributed by atoms with Crippen LogP contribution in [0.1, 0.15) is 31.7 Å². The van der Waals surface area contributed by atoms with Gasteiger partial charge in [-0.1, -0.05) is 13.3 Å². The van der Waals surface area contributed by atoms with E-state index in [1.165, 1.54) is 6.07 Å². The molecule has 6 heteroatoms. The van der Waals surface area contributed by atoms with Crippen LogP contribution < -0.4 is 5.32 Å². The zero-order valence-corrected chi connectivity index (χ0v) is 10.9. The lowest BCUT2D eigenvalue weighted by Crippen LogP contribution is -2.16. The second-order valence-electron chi connectivity index (χ2n) is 4.48. The highest BCUT2D eigenvalue weighted by Crippen LogP contribution is 2.28. The highest BCUT2D eigenvalue weighted by molar-refractivity contribution is 5.36. The zero-order valence-electron chi connectivity index (χ0n) is 10.9. The number of alkyl halides is 3. The van der Waals surface area contributed by atoms with E-state index in [1.807, 2.05) is 0 Å². The molecule has 108 valence electrons. The molecule has 0 aromatic carbocycles. The number of anilines is 1. The number of aliphatic hydroxyl groups is 1. The molecule has 0 spiro atoms. The normalized spacial score (nSPS) is 13.3. The molecule has 0 saturated heterocycles. The molecule has 1 aromatic rings. The van der Waals surface area contributed by atoms with Gasteiger partial charge in [0.1, 0.15) is 5.82 Å². The van der Waals surface area contributed by atoms with Crippen molar-refractivity contribution in [1.82, 2.24) is 4.98 Å². The maximum absolute atomic E-state index is 12.3. The van der Waals surface area contributed by atoms with Crippen molar-refractivity contribution in [1.29, 1.82) is 0 Å². The van der Waals surface area contributed by atoms with Gasteiger partial charge in [-0.3, -0.25) is 0 Å². The summed E-state index contributed by atoms with van der Waals surface area (Å²) in [7, 11) is 0. The molecule has 0 bridgehead atoms. The average molecular weight is 276 g/mol. The third-order valence-corrected chi connectivity index (χ3v) is 2.90. The predicted octanol–water partition coefficient (Wildman–Crippen LogP) is 3.31. The molecule has 1 aromatic heterocycles. The minimum atomic E-state index is -4.35. The lowest BCUT2D eigenvalue weighted by Gasteiger charge is -2.16. The number of hydrogen-bond acceptors (Lipinski definition) is 3. The Bertz CT molecular complexity index is 359. The quantitative estimate of drug-likeness (QED) is 0.803. The molecule has 2 N–H and O–H groups in total.